The van der Waals surface area contributed by atoms with Crippen LogP contribution in [0.3, 0.4) is 0 Å². The van der Waals surface area contributed by atoms with E-state index in [9.17, 15) is 4.79 Å². The van der Waals surface area contributed by atoms with Crippen molar-refractivity contribution in [1.82, 2.24) is 0 Å². The Morgan fingerprint density at radius 3 is 1.67 bits per heavy atom. The lowest BCUT2D eigenvalue weighted by atomic mass is 10.3. The fraction of sp³-hybridized carbons (Fsp3) is 0.143. The molecule has 0 aromatic carbocycles. The molecule has 0 heterocycles. The normalized spacial score (nSPS) is 5.89. The van der Waals surface area contributed by atoms with Gasteiger partial charge in [0.1, 0.15) is 0 Å². The molecular weight excluding hydrogens is 114 g/mol. The van der Waals surface area contributed by atoms with Crippen LogP contribution in [0.2, 0.25) is 0 Å². The molecule has 0 radical (unpaired) electrons. The summed E-state index contributed by atoms with van der Waals surface area (Å²) >= 11 is 0. The van der Waals surface area contributed by atoms with Crippen molar-refractivity contribution in [2.75, 3.05) is 0 Å². The maximum atomic E-state index is 9.82. The van der Waals surface area contributed by atoms with Crippen LogP contribution >= 0.6 is 0 Å². The summed E-state index contributed by atoms with van der Waals surface area (Å²) < 4.78 is 0. The molecule has 0 saturated carbocycles. The number of hydrogen-bond acceptors (Lipinski definition) is 1. The van der Waals surface area contributed by atoms with Crippen LogP contribution in [0.15, 0.2) is 31.0 Å². The standard InChI is InChI=1S/C4H7NO.C3H4/c1-3(2)4(5)6;1-3-2/h1H2,2H3,(H2,5,6);1-2H2. The third kappa shape index (κ3) is 20.2. The Labute approximate surface area is 55.4 Å². The average molecular weight is 125 g/mol. The van der Waals surface area contributed by atoms with Crippen molar-refractivity contribution >= 4 is 5.91 Å². The summed E-state index contributed by atoms with van der Waals surface area (Å²) in [6, 6.07) is 0. The predicted molar refractivity (Wildman–Crippen MR) is 38.8 cm³/mol. The van der Waals surface area contributed by atoms with Crippen LogP contribution in [-0.2, 0) is 4.79 Å². The van der Waals surface area contributed by atoms with Gasteiger partial charge in [0, 0.05) is 5.57 Å². The van der Waals surface area contributed by atoms with Gasteiger partial charge in [0.15, 0.2) is 0 Å². The van der Waals surface area contributed by atoms with Gasteiger partial charge in [0.25, 0.3) is 0 Å². The summed E-state index contributed by atoms with van der Waals surface area (Å²) in [7, 11) is 0. The second kappa shape index (κ2) is 6.73. The molecule has 0 spiro atoms. The maximum absolute atomic E-state index is 9.82. The van der Waals surface area contributed by atoms with E-state index in [1.54, 1.807) is 6.92 Å². The summed E-state index contributed by atoms with van der Waals surface area (Å²) in [6.45, 7) is 11.1. The van der Waals surface area contributed by atoms with Crippen molar-refractivity contribution in [1.29, 1.82) is 0 Å². The first-order chi connectivity index (χ1) is 4.06. The van der Waals surface area contributed by atoms with Crippen LogP contribution in [0.1, 0.15) is 6.92 Å². The van der Waals surface area contributed by atoms with Gasteiger partial charge in [-0.2, -0.15) is 0 Å². The molecule has 0 aliphatic carbocycles. The zero-order chi connectivity index (χ0) is 7.86. The largest absolute Gasteiger partial charge is 0.366 e. The van der Waals surface area contributed by atoms with Crippen LogP contribution in [0, 0.1) is 0 Å². The molecule has 0 rings (SSSR count). The number of carbonyl (C=O) groups excluding carboxylic acids is 1. The highest BCUT2D eigenvalue weighted by Crippen LogP contribution is 1.78. The Kier molecular flexibility index (Phi) is 7.97. The summed E-state index contributed by atoms with van der Waals surface area (Å²) in [5, 5.41) is 0. The lowest BCUT2D eigenvalue weighted by Crippen LogP contribution is -2.10. The lowest BCUT2D eigenvalue weighted by molar-refractivity contribution is -0.114. The van der Waals surface area contributed by atoms with E-state index < -0.39 is 5.91 Å². The predicted octanol–water partition coefficient (Wildman–Crippen LogP) is 1.01. The topological polar surface area (TPSA) is 43.1 Å². The Bertz CT molecular complexity index is 129. The van der Waals surface area contributed by atoms with E-state index in [0.29, 0.717) is 5.57 Å². The Morgan fingerprint density at radius 2 is 1.67 bits per heavy atom. The number of hydrogen-bond donors (Lipinski definition) is 1. The fourth-order valence-electron chi connectivity index (χ4n) is 0. The molecular formula is C7H11NO. The minimum absolute atomic E-state index is 0.398. The van der Waals surface area contributed by atoms with Crippen LogP contribution in [-0.4, -0.2) is 5.91 Å². The van der Waals surface area contributed by atoms with E-state index in [4.69, 9.17) is 5.73 Å². The van der Waals surface area contributed by atoms with Gasteiger partial charge < -0.3 is 5.73 Å². The van der Waals surface area contributed by atoms with E-state index in [2.05, 4.69) is 25.5 Å². The Morgan fingerprint density at radius 1 is 1.56 bits per heavy atom. The second-order valence-electron chi connectivity index (χ2n) is 1.39. The van der Waals surface area contributed by atoms with Crippen LogP contribution < -0.4 is 5.73 Å². The van der Waals surface area contributed by atoms with Gasteiger partial charge in [-0.25, -0.2) is 0 Å². The van der Waals surface area contributed by atoms with Gasteiger partial charge in [0.2, 0.25) is 5.91 Å². The number of rotatable bonds is 1. The van der Waals surface area contributed by atoms with Crippen LogP contribution in [0.4, 0.5) is 0 Å². The molecule has 50 valence electrons. The Hall–Kier alpha value is -1.27. The zero-order valence-electron chi connectivity index (χ0n) is 5.61. The van der Waals surface area contributed by atoms with Gasteiger partial charge in [0.05, 0.1) is 0 Å². The van der Waals surface area contributed by atoms with E-state index >= 15 is 0 Å². The average Bonchev–Trinajstić information content (AvgIpc) is 1.68. The monoisotopic (exact) mass is 125 g/mol. The van der Waals surface area contributed by atoms with Gasteiger partial charge in [-0.15, -0.1) is 5.73 Å². The van der Waals surface area contributed by atoms with E-state index in [1.807, 2.05) is 0 Å². The van der Waals surface area contributed by atoms with Crippen molar-refractivity contribution in [3.8, 4) is 0 Å². The lowest BCUT2D eigenvalue weighted by Gasteiger charge is -1.81. The first-order valence-corrected chi connectivity index (χ1v) is 2.30. The third-order valence-corrected chi connectivity index (χ3v) is 0.421. The first kappa shape index (κ1) is 10.7. The smallest absolute Gasteiger partial charge is 0.243 e. The van der Waals surface area contributed by atoms with Crippen molar-refractivity contribution in [3.63, 3.8) is 0 Å². The minimum atomic E-state index is -0.435. The molecule has 0 bridgehead atoms. The molecule has 9 heavy (non-hydrogen) atoms. The quantitative estimate of drug-likeness (QED) is 0.412. The van der Waals surface area contributed by atoms with Gasteiger partial charge in [-0.05, 0) is 6.92 Å². The molecule has 0 atom stereocenters. The van der Waals surface area contributed by atoms with Crippen molar-refractivity contribution in [2.45, 2.75) is 6.92 Å². The molecule has 2 nitrogen and oxygen atoms in total. The second-order valence-corrected chi connectivity index (χ2v) is 1.39. The van der Waals surface area contributed by atoms with Gasteiger partial charge in [-0.1, -0.05) is 19.7 Å². The van der Waals surface area contributed by atoms with Gasteiger partial charge in [-0.3, -0.25) is 4.79 Å². The molecule has 2 heteroatoms. The van der Waals surface area contributed by atoms with Crippen LogP contribution in [0.25, 0.3) is 0 Å². The molecule has 0 unspecified atom stereocenters. The third-order valence-electron chi connectivity index (χ3n) is 0.421. The molecule has 0 fully saturated rings. The van der Waals surface area contributed by atoms with E-state index in [1.165, 1.54) is 0 Å². The molecule has 0 aliphatic rings. The van der Waals surface area contributed by atoms with Gasteiger partial charge >= 0.3 is 0 Å². The SMILES string of the molecule is C=C(C)C(N)=O.C=C=C. The number of primary amides is 1. The minimum Gasteiger partial charge on any atom is -0.366 e. The van der Waals surface area contributed by atoms with Crippen LogP contribution in [0.5, 0.6) is 0 Å². The van der Waals surface area contributed by atoms with E-state index in [0.717, 1.165) is 0 Å². The zero-order valence-corrected chi connectivity index (χ0v) is 5.61. The number of nitrogens with two attached hydrogens (primary N) is 1. The molecule has 0 aromatic heterocycles. The summed E-state index contributed by atoms with van der Waals surface area (Å²) in [5.74, 6) is -0.435. The fourth-order valence-corrected chi connectivity index (χ4v) is 0. The molecule has 0 aromatic rings. The van der Waals surface area contributed by atoms with Crippen molar-refractivity contribution < 1.29 is 4.79 Å². The van der Waals surface area contributed by atoms with Crippen molar-refractivity contribution in [2.24, 2.45) is 5.73 Å². The van der Waals surface area contributed by atoms with E-state index in [-0.39, 0.29) is 0 Å². The highest BCUT2D eigenvalue weighted by Gasteiger charge is 1.86. The Balaban J connectivity index is 0. The number of carbonyl (C=O) groups is 1. The first-order valence-electron chi connectivity index (χ1n) is 2.30. The molecule has 2 N–H and O–H groups in total. The molecule has 0 aliphatic heterocycles. The summed E-state index contributed by atoms with van der Waals surface area (Å²) in [4.78, 5) is 9.82. The van der Waals surface area contributed by atoms with Crippen molar-refractivity contribution in [3.05, 3.63) is 31.0 Å². The number of amides is 1. The highest BCUT2D eigenvalue weighted by molar-refractivity contribution is 5.90. The summed E-state index contributed by atoms with van der Waals surface area (Å²) in [5.41, 5.74) is 7.34. The summed E-state index contributed by atoms with van der Waals surface area (Å²) in [6.07, 6.45) is 0. The maximum Gasteiger partial charge on any atom is 0.243 e. The molecule has 0 saturated heterocycles. The molecule has 1 amide bonds. The highest BCUT2D eigenvalue weighted by atomic mass is 16.1.